The van der Waals surface area contributed by atoms with Crippen LogP contribution in [-0.4, -0.2) is 11.2 Å². The lowest BCUT2D eigenvalue weighted by Crippen LogP contribution is -2.44. The van der Waals surface area contributed by atoms with Crippen LogP contribution in [0.3, 0.4) is 0 Å². The largest absolute Gasteiger partial charge is 0.393 e. The molecule has 0 spiro atoms. The van der Waals surface area contributed by atoms with Crippen molar-refractivity contribution in [2.45, 2.75) is 51.6 Å². The fourth-order valence-electron chi connectivity index (χ4n) is 3.44. The van der Waals surface area contributed by atoms with E-state index >= 15 is 0 Å². The average Bonchev–Trinajstić information content (AvgIpc) is 2.17. The van der Waals surface area contributed by atoms with Crippen LogP contribution in [0, 0.1) is 28.6 Å². The van der Waals surface area contributed by atoms with Gasteiger partial charge in [-0.2, -0.15) is 5.26 Å². The summed E-state index contributed by atoms with van der Waals surface area (Å²) in [5.41, 5.74) is 0.201. The molecule has 4 unspecified atom stereocenters. The highest BCUT2D eigenvalue weighted by Crippen LogP contribution is 2.52. The summed E-state index contributed by atoms with van der Waals surface area (Å²) in [5, 5.41) is 18.9. The van der Waals surface area contributed by atoms with Crippen LogP contribution in [0.1, 0.15) is 45.4 Å². The zero-order chi connectivity index (χ0) is 10.2. The maximum Gasteiger partial charge on any atom is 0.0662 e. The number of hydrogen-bond acceptors (Lipinski definition) is 2. The van der Waals surface area contributed by atoms with Crippen LogP contribution in [0.15, 0.2) is 0 Å². The van der Waals surface area contributed by atoms with E-state index in [4.69, 9.17) is 5.26 Å². The molecule has 2 fully saturated rings. The fraction of sp³-hybridized carbons (Fsp3) is 0.917. The van der Waals surface area contributed by atoms with E-state index < -0.39 is 0 Å². The zero-order valence-electron chi connectivity index (χ0n) is 8.87. The second kappa shape index (κ2) is 3.55. The molecule has 2 aliphatic carbocycles. The lowest BCUT2D eigenvalue weighted by molar-refractivity contribution is -0.0362. The number of rotatable bonds is 0. The molecule has 0 aromatic carbocycles. The minimum atomic E-state index is -0.226. The summed E-state index contributed by atoms with van der Waals surface area (Å²) < 4.78 is 0. The fourth-order valence-corrected chi connectivity index (χ4v) is 3.44. The summed E-state index contributed by atoms with van der Waals surface area (Å²) in [4.78, 5) is 0. The Morgan fingerprint density at radius 2 is 2.14 bits per heavy atom. The predicted molar refractivity (Wildman–Crippen MR) is 54.4 cm³/mol. The molecule has 14 heavy (non-hydrogen) atoms. The van der Waals surface area contributed by atoms with Gasteiger partial charge in [-0.3, -0.25) is 0 Å². The molecule has 0 saturated heterocycles. The summed E-state index contributed by atoms with van der Waals surface area (Å²) in [6.45, 7) is 2.26. The molecule has 4 atom stereocenters. The van der Waals surface area contributed by atoms with E-state index in [1.54, 1.807) is 0 Å². The third-order valence-electron chi connectivity index (χ3n) is 4.47. The normalized spacial score (nSPS) is 47.9. The molecule has 0 heterocycles. The average molecular weight is 193 g/mol. The van der Waals surface area contributed by atoms with Gasteiger partial charge in [0.2, 0.25) is 0 Å². The quantitative estimate of drug-likeness (QED) is 0.642. The van der Waals surface area contributed by atoms with E-state index in [1.807, 2.05) is 0 Å². The van der Waals surface area contributed by atoms with Gasteiger partial charge >= 0.3 is 0 Å². The first kappa shape index (κ1) is 9.98. The molecule has 0 amide bonds. The first-order valence-corrected chi connectivity index (χ1v) is 5.74. The van der Waals surface area contributed by atoms with Crippen molar-refractivity contribution in [3.8, 4) is 6.07 Å². The second-order valence-corrected chi connectivity index (χ2v) is 5.26. The highest BCUT2D eigenvalue weighted by Gasteiger charge is 2.47. The summed E-state index contributed by atoms with van der Waals surface area (Å²) in [5.74, 6) is 0.668. The van der Waals surface area contributed by atoms with Crippen molar-refractivity contribution >= 4 is 0 Å². The molecule has 2 nitrogen and oxygen atoms in total. The highest BCUT2D eigenvalue weighted by atomic mass is 16.3. The molecule has 2 saturated carbocycles. The van der Waals surface area contributed by atoms with Crippen molar-refractivity contribution in [2.75, 3.05) is 0 Å². The van der Waals surface area contributed by atoms with Gasteiger partial charge in [0.1, 0.15) is 0 Å². The molecule has 0 bridgehead atoms. The van der Waals surface area contributed by atoms with Crippen LogP contribution >= 0.6 is 0 Å². The van der Waals surface area contributed by atoms with Gasteiger partial charge in [0.05, 0.1) is 18.1 Å². The number of hydrogen-bond donors (Lipinski definition) is 1. The maximum atomic E-state index is 9.71. The monoisotopic (exact) mass is 193 g/mol. The molecular formula is C12H19NO. The Morgan fingerprint density at radius 1 is 1.36 bits per heavy atom. The van der Waals surface area contributed by atoms with E-state index in [2.05, 4.69) is 13.0 Å². The van der Waals surface area contributed by atoms with E-state index in [0.717, 1.165) is 6.42 Å². The van der Waals surface area contributed by atoms with Gasteiger partial charge in [0, 0.05) is 0 Å². The minimum Gasteiger partial charge on any atom is -0.393 e. The molecule has 0 aromatic rings. The van der Waals surface area contributed by atoms with Crippen molar-refractivity contribution in [3.63, 3.8) is 0 Å². The van der Waals surface area contributed by atoms with Gasteiger partial charge in [-0.25, -0.2) is 0 Å². The molecule has 0 aliphatic heterocycles. The number of nitriles is 1. The Kier molecular flexibility index (Phi) is 2.53. The van der Waals surface area contributed by atoms with Crippen molar-refractivity contribution < 1.29 is 5.11 Å². The smallest absolute Gasteiger partial charge is 0.0662 e. The molecular weight excluding hydrogens is 174 g/mol. The zero-order valence-corrected chi connectivity index (χ0v) is 8.87. The van der Waals surface area contributed by atoms with Crippen molar-refractivity contribution in [3.05, 3.63) is 0 Å². The van der Waals surface area contributed by atoms with Gasteiger partial charge in [0.25, 0.3) is 0 Å². The highest BCUT2D eigenvalue weighted by molar-refractivity contribution is 5.04. The number of fused-ring (bicyclic) bond motifs is 1. The Labute approximate surface area is 85.9 Å². The maximum absolute atomic E-state index is 9.71. The van der Waals surface area contributed by atoms with Crippen LogP contribution in [0.2, 0.25) is 0 Å². The first-order valence-electron chi connectivity index (χ1n) is 5.74. The molecule has 2 heteroatoms. The minimum absolute atomic E-state index is 0.0801. The Morgan fingerprint density at radius 3 is 2.86 bits per heavy atom. The van der Waals surface area contributed by atoms with E-state index in [1.165, 1.54) is 25.7 Å². The van der Waals surface area contributed by atoms with Crippen LogP contribution in [-0.2, 0) is 0 Å². The molecule has 78 valence electrons. The summed E-state index contributed by atoms with van der Waals surface area (Å²) in [6.07, 6.45) is 6.34. The van der Waals surface area contributed by atoms with E-state index in [-0.39, 0.29) is 17.4 Å². The van der Waals surface area contributed by atoms with Crippen LogP contribution in [0.25, 0.3) is 0 Å². The van der Waals surface area contributed by atoms with Crippen LogP contribution in [0.4, 0.5) is 0 Å². The number of aliphatic hydroxyl groups excluding tert-OH is 1. The van der Waals surface area contributed by atoms with Gasteiger partial charge in [-0.1, -0.05) is 19.8 Å². The van der Waals surface area contributed by atoms with E-state index in [9.17, 15) is 5.11 Å². The van der Waals surface area contributed by atoms with Gasteiger partial charge in [0.15, 0.2) is 0 Å². The SMILES string of the molecule is CC12CCCCC1CC(O)CC2C#N. The second-order valence-electron chi connectivity index (χ2n) is 5.26. The van der Waals surface area contributed by atoms with Gasteiger partial charge in [-0.05, 0) is 37.0 Å². The molecule has 1 N–H and O–H groups in total. The Balaban J connectivity index is 2.22. The topological polar surface area (TPSA) is 44.0 Å². The van der Waals surface area contributed by atoms with Crippen LogP contribution < -0.4 is 0 Å². The van der Waals surface area contributed by atoms with Gasteiger partial charge in [-0.15, -0.1) is 0 Å². The summed E-state index contributed by atoms with van der Waals surface area (Å²) in [6, 6.07) is 2.41. The van der Waals surface area contributed by atoms with Gasteiger partial charge < -0.3 is 5.11 Å². The molecule has 2 rings (SSSR count). The van der Waals surface area contributed by atoms with Crippen molar-refractivity contribution in [1.82, 2.24) is 0 Å². The van der Waals surface area contributed by atoms with E-state index in [0.29, 0.717) is 12.3 Å². The molecule has 2 aliphatic rings. The standard InChI is InChI=1S/C12H19NO/c1-12-5-3-2-4-9(12)6-11(14)7-10(12)8-13/h9-11,14H,2-7H2,1H3. The lowest BCUT2D eigenvalue weighted by Gasteiger charge is -2.49. The van der Waals surface area contributed by atoms with Crippen molar-refractivity contribution in [2.24, 2.45) is 17.3 Å². The molecule has 0 aromatic heterocycles. The Hall–Kier alpha value is -0.550. The summed E-state index contributed by atoms with van der Waals surface area (Å²) >= 11 is 0. The van der Waals surface area contributed by atoms with Crippen molar-refractivity contribution in [1.29, 1.82) is 5.26 Å². The molecule has 0 radical (unpaired) electrons. The third-order valence-corrected chi connectivity index (χ3v) is 4.47. The predicted octanol–water partition coefficient (Wildman–Crippen LogP) is 2.48. The Bertz CT molecular complexity index is 258. The first-order chi connectivity index (χ1) is 6.66. The number of nitrogens with zero attached hydrogens (tertiary/aromatic N) is 1. The number of aliphatic hydroxyl groups is 1. The third kappa shape index (κ3) is 1.44. The lowest BCUT2D eigenvalue weighted by atomic mass is 9.55. The summed E-state index contributed by atoms with van der Waals surface area (Å²) in [7, 11) is 0. The van der Waals surface area contributed by atoms with Crippen LogP contribution in [0.5, 0.6) is 0 Å².